The third-order valence-electron chi connectivity index (χ3n) is 3.57. The van der Waals surface area contributed by atoms with Gasteiger partial charge in [-0.2, -0.15) is 0 Å². The zero-order valence-corrected chi connectivity index (χ0v) is 12.3. The first-order chi connectivity index (χ1) is 10.7. The fourth-order valence-electron chi connectivity index (χ4n) is 2.39. The summed E-state index contributed by atoms with van der Waals surface area (Å²) in [5.41, 5.74) is 10.6. The SMILES string of the molecule is Cc1ccc(-c2c(CN)nnn2Cc2ccc(F)cc2)cc1. The lowest BCUT2D eigenvalue weighted by Gasteiger charge is -2.08. The number of hydrogen-bond acceptors (Lipinski definition) is 3. The summed E-state index contributed by atoms with van der Waals surface area (Å²) in [4.78, 5) is 0. The molecule has 0 saturated carbocycles. The Morgan fingerprint density at radius 3 is 2.36 bits per heavy atom. The third kappa shape index (κ3) is 2.89. The number of benzene rings is 2. The maximum absolute atomic E-state index is 13.0. The number of rotatable bonds is 4. The lowest BCUT2D eigenvalue weighted by atomic mass is 10.1. The molecule has 2 N–H and O–H groups in total. The summed E-state index contributed by atoms with van der Waals surface area (Å²) >= 11 is 0. The van der Waals surface area contributed by atoms with Crippen LogP contribution in [0.4, 0.5) is 4.39 Å². The van der Waals surface area contributed by atoms with Crippen LogP contribution in [0.2, 0.25) is 0 Å². The van der Waals surface area contributed by atoms with Crippen LogP contribution in [0.1, 0.15) is 16.8 Å². The number of halogens is 1. The maximum atomic E-state index is 13.0. The van der Waals surface area contributed by atoms with E-state index in [1.807, 2.05) is 31.2 Å². The van der Waals surface area contributed by atoms with Crippen molar-refractivity contribution in [2.75, 3.05) is 0 Å². The monoisotopic (exact) mass is 296 g/mol. The molecule has 0 aliphatic carbocycles. The molecule has 0 unspecified atom stereocenters. The van der Waals surface area contributed by atoms with Gasteiger partial charge in [0.1, 0.15) is 11.5 Å². The predicted octanol–water partition coefficient (Wildman–Crippen LogP) is 2.90. The van der Waals surface area contributed by atoms with Gasteiger partial charge >= 0.3 is 0 Å². The van der Waals surface area contributed by atoms with E-state index < -0.39 is 0 Å². The minimum absolute atomic E-state index is 0.247. The van der Waals surface area contributed by atoms with Gasteiger partial charge in [0.05, 0.1) is 12.2 Å². The Kier molecular flexibility index (Phi) is 3.98. The molecule has 22 heavy (non-hydrogen) atoms. The van der Waals surface area contributed by atoms with Crippen LogP contribution in [-0.2, 0) is 13.1 Å². The number of nitrogens with zero attached hydrogens (tertiary/aromatic N) is 3. The van der Waals surface area contributed by atoms with Gasteiger partial charge in [-0.05, 0) is 24.6 Å². The van der Waals surface area contributed by atoms with E-state index in [2.05, 4.69) is 10.3 Å². The van der Waals surface area contributed by atoms with E-state index in [-0.39, 0.29) is 5.82 Å². The quantitative estimate of drug-likeness (QED) is 0.805. The van der Waals surface area contributed by atoms with Crippen molar-refractivity contribution in [2.24, 2.45) is 5.73 Å². The van der Waals surface area contributed by atoms with Crippen molar-refractivity contribution >= 4 is 0 Å². The molecule has 0 atom stereocenters. The fourth-order valence-corrected chi connectivity index (χ4v) is 2.39. The standard InChI is InChI=1S/C17H17FN4/c1-12-2-6-14(7-3-12)17-16(10-19)20-21-22(17)11-13-4-8-15(18)9-5-13/h2-9H,10-11,19H2,1H3. The highest BCUT2D eigenvalue weighted by Gasteiger charge is 2.14. The Labute approximate surface area is 128 Å². The second-order valence-electron chi connectivity index (χ2n) is 5.24. The second-order valence-corrected chi connectivity index (χ2v) is 5.24. The van der Waals surface area contributed by atoms with Crippen molar-refractivity contribution < 1.29 is 4.39 Å². The van der Waals surface area contributed by atoms with Gasteiger partial charge in [-0.3, -0.25) is 0 Å². The summed E-state index contributed by atoms with van der Waals surface area (Å²) < 4.78 is 14.8. The van der Waals surface area contributed by atoms with Gasteiger partial charge in [0, 0.05) is 12.1 Å². The molecule has 2 aromatic carbocycles. The normalized spacial score (nSPS) is 10.9. The average Bonchev–Trinajstić information content (AvgIpc) is 2.93. The first-order valence-electron chi connectivity index (χ1n) is 7.11. The Hall–Kier alpha value is -2.53. The largest absolute Gasteiger partial charge is 0.325 e. The average molecular weight is 296 g/mol. The molecule has 5 heteroatoms. The van der Waals surface area contributed by atoms with Crippen molar-refractivity contribution in [3.8, 4) is 11.3 Å². The molecule has 4 nitrogen and oxygen atoms in total. The minimum Gasteiger partial charge on any atom is -0.325 e. The molecule has 0 bridgehead atoms. The van der Waals surface area contributed by atoms with Crippen LogP contribution in [0.5, 0.6) is 0 Å². The van der Waals surface area contributed by atoms with Crippen molar-refractivity contribution in [2.45, 2.75) is 20.0 Å². The molecule has 0 aliphatic rings. The van der Waals surface area contributed by atoms with Gasteiger partial charge in [-0.25, -0.2) is 9.07 Å². The molecular formula is C17H17FN4. The molecule has 3 rings (SSSR count). The van der Waals surface area contributed by atoms with Crippen LogP contribution in [-0.4, -0.2) is 15.0 Å². The van der Waals surface area contributed by atoms with Crippen LogP contribution in [0.3, 0.4) is 0 Å². The van der Waals surface area contributed by atoms with Crippen molar-refractivity contribution in [1.29, 1.82) is 0 Å². The molecule has 0 radical (unpaired) electrons. The first-order valence-corrected chi connectivity index (χ1v) is 7.11. The van der Waals surface area contributed by atoms with Crippen LogP contribution in [0.15, 0.2) is 48.5 Å². The van der Waals surface area contributed by atoms with E-state index in [1.165, 1.54) is 17.7 Å². The number of aromatic nitrogens is 3. The van der Waals surface area contributed by atoms with Gasteiger partial charge in [0.25, 0.3) is 0 Å². The lowest BCUT2D eigenvalue weighted by molar-refractivity contribution is 0.622. The predicted molar refractivity (Wildman–Crippen MR) is 83.6 cm³/mol. The summed E-state index contributed by atoms with van der Waals surface area (Å²) in [6.07, 6.45) is 0. The Morgan fingerprint density at radius 2 is 1.73 bits per heavy atom. The van der Waals surface area contributed by atoms with E-state index in [4.69, 9.17) is 5.73 Å². The van der Waals surface area contributed by atoms with Crippen LogP contribution < -0.4 is 5.73 Å². The van der Waals surface area contributed by atoms with Gasteiger partial charge in [-0.15, -0.1) is 5.10 Å². The van der Waals surface area contributed by atoms with Crippen molar-refractivity contribution in [1.82, 2.24) is 15.0 Å². The summed E-state index contributed by atoms with van der Waals surface area (Å²) in [6.45, 7) is 2.89. The number of hydrogen-bond donors (Lipinski definition) is 1. The number of nitrogens with two attached hydrogens (primary N) is 1. The summed E-state index contributed by atoms with van der Waals surface area (Å²) in [7, 11) is 0. The highest BCUT2D eigenvalue weighted by atomic mass is 19.1. The first kappa shape index (κ1) is 14.4. The molecule has 112 valence electrons. The number of aryl methyl sites for hydroxylation is 1. The summed E-state index contributed by atoms with van der Waals surface area (Å²) in [6, 6.07) is 14.6. The van der Waals surface area contributed by atoms with E-state index in [0.717, 1.165) is 22.5 Å². The van der Waals surface area contributed by atoms with Crippen LogP contribution in [0, 0.1) is 12.7 Å². The molecule has 0 amide bonds. The Morgan fingerprint density at radius 1 is 1.05 bits per heavy atom. The third-order valence-corrected chi connectivity index (χ3v) is 3.57. The van der Waals surface area contributed by atoms with E-state index >= 15 is 0 Å². The molecular weight excluding hydrogens is 279 g/mol. The molecule has 0 spiro atoms. The summed E-state index contributed by atoms with van der Waals surface area (Å²) in [5, 5.41) is 8.36. The Balaban J connectivity index is 1.99. The lowest BCUT2D eigenvalue weighted by Crippen LogP contribution is -2.06. The summed E-state index contributed by atoms with van der Waals surface area (Å²) in [5.74, 6) is -0.247. The van der Waals surface area contributed by atoms with Crippen molar-refractivity contribution in [3.05, 3.63) is 71.2 Å². The Bertz CT molecular complexity index is 760. The van der Waals surface area contributed by atoms with E-state index in [0.29, 0.717) is 13.1 Å². The van der Waals surface area contributed by atoms with Crippen molar-refractivity contribution in [3.63, 3.8) is 0 Å². The van der Waals surface area contributed by atoms with E-state index in [1.54, 1.807) is 16.8 Å². The molecule has 0 fully saturated rings. The van der Waals surface area contributed by atoms with Gasteiger partial charge in [0.2, 0.25) is 0 Å². The highest BCUT2D eigenvalue weighted by molar-refractivity contribution is 5.62. The maximum Gasteiger partial charge on any atom is 0.123 e. The fraction of sp³-hybridized carbons (Fsp3) is 0.176. The molecule has 0 saturated heterocycles. The topological polar surface area (TPSA) is 56.7 Å². The van der Waals surface area contributed by atoms with Gasteiger partial charge in [-0.1, -0.05) is 47.2 Å². The second kappa shape index (κ2) is 6.07. The van der Waals surface area contributed by atoms with E-state index in [9.17, 15) is 4.39 Å². The highest BCUT2D eigenvalue weighted by Crippen LogP contribution is 2.23. The van der Waals surface area contributed by atoms with Crippen LogP contribution in [0.25, 0.3) is 11.3 Å². The zero-order chi connectivity index (χ0) is 15.5. The zero-order valence-electron chi connectivity index (χ0n) is 12.3. The smallest absolute Gasteiger partial charge is 0.123 e. The van der Waals surface area contributed by atoms with Gasteiger partial charge in [0.15, 0.2) is 0 Å². The molecule has 1 heterocycles. The molecule has 3 aromatic rings. The molecule has 0 aliphatic heterocycles. The van der Waals surface area contributed by atoms with Crippen LogP contribution >= 0.6 is 0 Å². The molecule has 1 aromatic heterocycles. The minimum atomic E-state index is -0.247. The van der Waals surface area contributed by atoms with Gasteiger partial charge < -0.3 is 5.73 Å².